The summed E-state index contributed by atoms with van der Waals surface area (Å²) in [5.74, 6) is 0. The van der Waals surface area contributed by atoms with Crippen molar-refractivity contribution in [3.8, 4) is 0 Å². The van der Waals surface area contributed by atoms with Crippen LogP contribution in [0.1, 0.15) is 22.7 Å². The van der Waals surface area contributed by atoms with Crippen LogP contribution >= 0.6 is 0 Å². The van der Waals surface area contributed by atoms with E-state index >= 15 is 0 Å². The molecular weight excluding hydrogens is 422 g/mol. The molecular formula is C22H23NO5S2. The maximum absolute atomic E-state index is 12.8. The van der Waals surface area contributed by atoms with Gasteiger partial charge < -0.3 is 0 Å². The van der Waals surface area contributed by atoms with E-state index in [0.717, 1.165) is 11.1 Å². The van der Waals surface area contributed by atoms with E-state index in [1.807, 2.05) is 13.8 Å². The molecule has 0 aromatic heterocycles. The first-order chi connectivity index (χ1) is 14.2. The third kappa shape index (κ3) is 5.54. The van der Waals surface area contributed by atoms with E-state index in [2.05, 4.69) is 4.72 Å². The van der Waals surface area contributed by atoms with E-state index in [-0.39, 0.29) is 16.4 Å². The molecule has 0 heterocycles. The van der Waals surface area contributed by atoms with E-state index in [1.165, 1.54) is 24.3 Å². The molecule has 0 aliphatic carbocycles. The Balaban J connectivity index is 1.85. The zero-order chi connectivity index (χ0) is 21.8. The minimum Gasteiger partial charge on any atom is -0.264 e. The molecule has 1 unspecified atom stereocenters. The summed E-state index contributed by atoms with van der Waals surface area (Å²) in [5.41, 5.74) is 2.44. The van der Waals surface area contributed by atoms with Gasteiger partial charge in [-0.3, -0.25) is 4.18 Å². The van der Waals surface area contributed by atoms with Gasteiger partial charge in [-0.1, -0.05) is 65.7 Å². The molecule has 0 radical (unpaired) electrons. The minimum atomic E-state index is -4.04. The van der Waals surface area contributed by atoms with Crippen LogP contribution in [0.3, 0.4) is 0 Å². The lowest BCUT2D eigenvalue weighted by atomic mass is 10.1. The summed E-state index contributed by atoms with van der Waals surface area (Å²) in [6.07, 6.45) is 0. The summed E-state index contributed by atoms with van der Waals surface area (Å²) < 4.78 is 58.6. The van der Waals surface area contributed by atoms with Crippen molar-refractivity contribution in [1.82, 2.24) is 4.72 Å². The van der Waals surface area contributed by atoms with Crippen LogP contribution < -0.4 is 4.72 Å². The van der Waals surface area contributed by atoms with Crippen molar-refractivity contribution >= 4 is 20.1 Å². The molecule has 0 bridgehead atoms. The highest BCUT2D eigenvalue weighted by Gasteiger charge is 2.25. The van der Waals surface area contributed by atoms with Crippen LogP contribution in [0.2, 0.25) is 0 Å². The predicted molar refractivity (Wildman–Crippen MR) is 115 cm³/mol. The Morgan fingerprint density at radius 1 is 0.733 bits per heavy atom. The zero-order valence-electron chi connectivity index (χ0n) is 16.6. The van der Waals surface area contributed by atoms with Gasteiger partial charge >= 0.3 is 0 Å². The molecule has 6 nitrogen and oxygen atoms in total. The van der Waals surface area contributed by atoms with Crippen LogP contribution in [0.5, 0.6) is 0 Å². The van der Waals surface area contributed by atoms with E-state index < -0.39 is 26.2 Å². The van der Waals surface area contributed by atoms with Crippen LogP contribution in [0.25, 0.3) is 0 Å². The molecule has 0 saturated heterocycles. The highest BCUT2D eigenvalue weighted by molar-refractivity contribution is 7.89. The molecule has 30 heavy (non-hydrogen) atoms. The third-order valence-corrected chi connectivity index (χ3v) is 7.31. The quantitative estimate of drug-likeness (QED) is 0.534. The molecule has 1 atom stereocenters. The van der Waals surface area contributed by atoms with Gasteiger partial charge in [-0.2, -0.15) is 8.42 Å². The van der Waals surface area contributed by atoms with Gasteiger partial charge in [-0.15, -0.1) is 0 Å². The topological polar surface area (TPSA) is 89.5 Å². The summed E-state index contributed by atoms with van der Waals surface area (Å²) in [7, 11) is -7.93. The largest absolute Gasteiger partial charge is 0.297 e. The summed E-state index contributed by atoms with van der Waals surface area (Å²) in [4.78, 5) is 0.108. The average Bonchev–Trinajstić information content (AvgIpc) is 2.72. The molecule has 3 rings (SSSR count). The Morgan fingerprint density at radius 3 is 1.77 bits per heavy atom. The molecule has 8 heteroatoms. The van der Waals surface area contributed by atoms with Crippen molar-refractivity contribution in [3.05, 3.63) is 95.6 Å². The highest BCUT2D eigenvalue weighted by atomic mass is 32.2. The van der Waals surface area contributed by atoms with Crippen molar-refractivity contribution < 1.29 is 21.0 Å². The maximum atomic E-state index is 12.8. The number of aryl methyl sites for hydroxylation is 2. The van der Waals surface area contributed by atoms with Gasteiger partial charge in [0, 0.05) is 0 Å². The average molecular weight is 446 g/mol. The second-order valence-electron chi connectivity index (χ2n) is 6.95. The van der Waals surface area contributed by atoms with Gasteiger partial charge in [0.05, 0.1) is 22.4 Å². The second-order valence-corrected chi connectivity index (χ2v) is 10.3. The standard InChI is InChI=1S/C22H23NO5S2/c1-17-8-12-20(13-9-17)29(24,25)23-22(19-6-4-3-5-7-19)16-28-30(26,27)21-14-10-18(2)11-15-21/h3-15,22-23H,16H2,1-2H3. The van der Waals surface area contributed by atoms with Crippen molar-refractivity contribution in [2.45, 2.75) is 29.7 Å². The molecule has 3 aromatic carbocycles. The van der Waals surface area contributed by atoms with Gasteiger partial charge in [0.25, 0.3) is 10.1 Å². The van der Waals surface area contributed by atoms with Crippen molar-refractivity contribution in [2.75, 3.05) is 6.61 Å². The number of sulfonamides is 1. The molecule has 0 aliphatic heterocycles. The smallest absolute Gasteiger partial charge is 0.264 e. The molecule has 1 N–H and O–H groups in total. The number of rotatable bonds is 8. The monoisotopic (exact) mass is 445 g/mol. The van der Waals surface area contributed by atoms with Crippen LogP contribution in [0.15, 0.2) is 88.7 Å². The minimum absolute atomic E-state index is 0.0151. The Bertz CT molecular complexity index is 1190. The van der Waals surface area contributed by atoms with Crippen LogP contribution in [0, 0.1) is 13.8 Å². The van der Waals surface area contributed by atoms with Crippen LogP contribution in [-0.4, -0.2) is 23.4 Å². The summed E-state index contributed by atoms with van der Waals surface area (Å²) in [6, 6.07) is 20.5. The number of benzene rings is 3. The fourth-order valence-corrected chi connectivity index (χ4v) is 4.92. The first kappa shape index (κ1) is 22.2. The number of hydrogen-bond acceptors (Lipinski definition) is 5. The molecule has 0 spiro atoms. The van der Waals surface area contributed by atoms with E-state index in [1.54, 1.807) is 54.6 Å². The van der Waals surface area contributed by atoms with Crippen molar-refractivity contribution in [2.24, 2.45) is 0 Å². The molecule has 0 fully saturated rings. The highest BCUT2D eigenvalue weighted by Crippen LogP contribution is 2.21. The van der Waals surface area contributed by atoms with Crippen molar-refractivity contribution in [1.29, 1.82) is 0 Å². The predicted octanol–water partition coefficient (Wildman–Crippen LogP) is 3.73. The summed E-state index contributed by atoms with van der Waals surface area (Å²) >= 11 is 0. The summed E-state index contributed by atoms with van der Waals surface area (Å²) in [5, 5.41) is 0. The summed E-state index contributed by atoms with van der Waals surface area (Å²) in [6.45, 7) is 3.33. The van der Waals surface area contributed by atoms with Crippen LogP contribution in [-0.2, 0) is 24.3 Å². The Morgan fingerprint density at radius 2 is 1.23 bits per heavy atom. The number of nitrogens with one attached hydrogen (secondary N) is 1. The Labute approximate surface area is 177 Å². The maximum Gasteiger partial charge on any atom is 0.297 e. The van der Waals surface area contributed by atoms with E-state index in [4.69, 9.17) is 4.18 Å². The normalized spacial score (nSPS) is 13.1. The fourth-order valence-electron chi connectivity index (χ4n) is 2.79. The third-order valence-electron chi connectivity index (χ3n) is 4.53. The Kier molecular flexibility index (Phi) is 6.72. The van der Waals surface area contributed by atoms with Crippen molar-refractivity contribution in [3.63, 3.8) is 0 Å². The van der Waals surface area contributed by atoms with Gasteiger partial charge in [-0.25, -0.2) is 13.1 Å². The molecule has 3 aromatic rings. The molecule has 158 valence electrons. The lowest BCUT2D eigenvalue weighted by Crippen LogP contribution is -2.32. The number of hydrogen-bond donors (Lipinski definition) is 1. The molecule has 0 amide bonds. The van der Waals surface area contributed by atoms with E-state index in [0.29, 0.717) is 5.56 Å². The van der Waals surface area contributed by atoms with Gasteiger partial charge in [0.15, 0.2) is 0 Å². The van der Waals surface area contributed by atoms with Crippen LogP contribution in [0.4, 0.5) is 0 Å². The first-order valence-electron chi connectivity index (χ1n) is 9.27. The lowest BCUT2D eigenvalue weighted by molar-refractivity contribution is 0.284. The SMILES string of the molecule is Cc1ccc(S(=O)(=O)NC(COS(=O)(=O)c2ccc(C)cc2)c2ccccc2)cc1. The van der Waals surface area contributed by atoms with Gasteiger partial charge in [-0.05, 0) is 43.7 Å². The molecule has 0 aliphatic rings. The zero-order valence-corrected chi connectivity index (χ0v) is 18.3. The second kappa shape index (κ2) is 9.09. The van der Waals surface area contributed by atoms with Gasteiger partial charge in [0.1, 0.15) is 0 Å². The van der Waals surface area contributed by atoms with Gasteiger partial charge in [0.2, 0.25) is 10.0 Å². The Hall–Kier alpha value is -2.52. The lowest BCUT2D eigenvalue weighted by Gasteiger charge is -2.19. The van der Waals surface area contributed by atoms with E-state index in [9.17, 15) is 16.8 Å². The fraction of sp³-hybridized carbons (Fsp3) is 0.182. The molecule has 0 saturated carbocycles. The first-order valence-corrected chi connectivity index (χ1v) is 12.2.